The van der Waals surface area contributed by atoms with Crippen LogP contribution in [0.3, 0.4) is 0 Å². The number of benzene rings is 1. The Bertz CT molecular complexity index is 623. The summed E-state index contributed by atoms with van der Waals surface area (Å²) < 4.78 is 13.8. The monoisotopic (exact) mass is 388 g/mol. The molecule has 0 fully saturated rings. The van der Waals surface area contributed by atoms with Crippen LogP contribution in [0.1, 0.15) is 17.4 Å². The molecule has 1 aliphatic rings. The third-order valence-electron chi connectivity index (χ3n) is 2.96. The van der Waals surface area contributed by atoms with Crippen LogP contribution in [-0.4, -0.2) is 21.7 Å². The Kier molecular flexibility index (Phi) is 3.28. The molecule has 19 heavy (non-hydrogen) atoms. The molecule has 7 heteroatoms. The van der Waals surface area contributed by atoms with Gasteiger partial charge in [-0.05, 0) is 49.6 Å². The van der Waals surface area contributed by atoms with Gasteiger partial charge in [-0.15, -0.1) is 0 Å². The molecule has 1 aliphatic heterocycles. The number of halogens is 2. The fourth-order valence-electron chi connectivity index (χ4n) is 2.03. The van der Waals surface area contributed by atoms with Gasteiger partial charge >= 0.3 is 0 Å². The fourth-order valence-corrected chi connectivity index (χ4v) is 3.17. The van der Waals surface area contributed by atoms with Crippen molar-refractivity contribution in [3.05, 3.63) is 38.5 Å². The van der Waals surface area contributed by atoms with Gasteiger partial charge in [0.2, 0.25) is 6.79 Å². The van der Waals surface area contributed by atoms with Crippen molar-refractivity contribution in [2.45, 2.75) is 6.10 Å². The Balaban J connectivity index is 2.06. The Labute approximate surface area is 126 Å². The summed E-state index contributed by atoms with van der Waals surface area (Å²) in [6, 6.07) is 3.59. The average molecular weight is 390 g/mol. The van der Waals surface area contributed by atoms with E-state index in [-0.39, 0.29) is 6.79 Å². The molecule has 1 unspecified atom stereocenters. The van der Waals surface area contributed by atoms with E-state index in [4.69, 9.17) is 9.47 Å². The molecule has 0 saturated heterocycles. The third-order valence-corrected chi connectivity index (χ3v) is 4.16. The minimum Gasteiger partial charge on any atom is -0.454 e. The summed E-state index contributed by atoms with van der Waals surface area (Å²) in [6.07, 6.45) is 0.855. The zero-order chi connectivity index (χ0) is 13.6. The van der Waals surface area contributed by atoms with Crippen LogP contribution < -0.4 is 9.47 Å². The van der Waals surface area contributed by atoms with Crippen LogP contribution in [0.5, 0.6) is 11.5 Å². The second-order valence-electron chi connectivity index (χ2n) is 4.14. The molecule has 1 aromatic heterocycles. The molecule has 0 bridgehead atoms. The molecule has 0 aliphatic carbocycles. The number of aliphatic hydroxyl groups is 1. The zero-order valence-corrected chi connectivity index (χ0v) is 13.1. The highest BCUT2D eigenvalue weighted by molar-refractivity contribution is 9.10. The Morgan fingerprint density at radius 3 is 2.79 bits per heavy atom. The topological polar surface area (TPSA) is 56.5 Å². The zero-order valence-electron chi connectivity index (χ0n) is 9.93. The first kappa shape index (κ1) is 13.0. The average Bonchev–Trinajstić information content (AvgIpc) is 2.96. The molecule has 5 nitrogen and oxygen atoms in total. The predicted molar refractivity (Wildman–Crippen MR) is 75.2 cm³/mol. The van der Waals surface area contributed by atoms with Gasteiger partial charge in [0.1, 0.15) is 6.10 Å². The smallest absolute Gasteiger partial charge is 0.231 e. The molecule has 0 saturated carbocycles. The second-order valence-corrected chi connectivity index (χ2v) is 5.85. The van der Waals surface area contributed by atoms with E-state index in [0.717, 1.165) is 8.95 Å². The van der Waals surface area contributed by atoms with Gasteiger partial charge in [-0.3, -0.25) is 4.68 Å². The van der Waals surface area contributed by atoms with Gasteiger partial charge in [-0.1, -0.05) is 0 Å². The minimum absolute atomic E-state index is 0.197. The van der Waals surface area contributed by atoms with Crippen molar-refractivity contribution in [3.8, 4) is 11.5 Å². The van der Waals surface area contributed by atoms with Gasteiger partial charge in [-0.2, -0.15) is 5.10 Å². The highest BCUT2D eigenvalue weighted by atomic mass is 79.9. The van der Waals surface area contributed by atoms with Gasteiger partial charge in [0.25, 0.3) is 0 Å². The molecule has 0 radical (unpaired) electrons. The SMILES string of the molecule is Cn1ncc(Br)c1C(O)c1cc(Br)c2c(c1)OCO2. The van der Waals surface area contributed by atoms with Crippen LogP contribution >= 0.6 is 31.9 Å². The Morgan fingerprint density at radius 1 is 1.32 bits per heavy atom. The maximum Gasteiger partial charge on any atom is 0.231 e. The van der Waals surface area contributed by atoms with Crippen molar-refractivity contribution in [2.24, 2.45) is 7.05 Å². The fraction of sp³-hybridized carbons (Fsp3) is 0.250. The molecule has 100 valence electrons. The molecule has 1 N–H and O–H groups in total. The lowest BCUT2D eigenvalue weighted by atomic mass is 10.1. The highest BCUT2D eigenvalue weighted by Crippen LogP contribution is 2.42. The van der Waals surface area contributed by atoms with E-state index in [0.29, 0.717) is 22.8 Å². The maximum atomic E-state index is 10.5. The maximum absolute atomic E-state index is 10.5. The quantitative estimate of drug-likeness (QED) is 0.857. The Morgan fingerprint density at radius 2 is 2.11 bits per heavy atom. The highest BCUT2D eigenvalue weighted by Gasteiger charge is 2.24. The summed E-state index contributed by atoms with van der Waals surface area (Å²) in [5.41, 5.74) is 1.39. The van der Waals surface area contributed by atoms with Crippen molar-refractivity contribution >= 4 is 31.9 Å². The largest absolute Gasteiger partial charge is 0.454 e. The normalized spacial score (nSPS) is 14.7. The lowest BCUT2D eigenvalue weighted by Gasteiger charge is -2.13. The predicted octanol–water partition coefficient (Wildman–Crippen LogP) is 2.76. The van der Waals surface area contributed by atoms with Gasteiger partial charge < -0.3 is 14.6 Å². The molecule has 2 aromatic rings. The standard InChI is InChI=1S/C12H10Br2N2O3/c1-16-10(8(14)4-15-16)11(17)6-2-7(13)12-9(3-6)18-5-19-12/h2-4,11,17H,5H2,1H3. The minimum atomic E-state index is -0.798. The lowest BCUT2D eigenvalue weighted by Crippen LogP contribution is -2.07. The van der Waals surface area contributed by atoms with Crippen LogP contribution in [-0.2, 0) is 7.05 Å². The number of hydrogen-bond acceptors (Lipinski definition) is 4. The van der Waals surface area contributed by atoms with Crippen molar-refractivity contribution in [1.82, 2.24) is 9.78 Å². The Hall–Kier alpha value is -1.05. The number of hydrogen-bond donors (Lipinski definition) is 1. The van der Waals surface area contributed by atoms with Crippen LogP contribution in [0.15, 0.2) is 27.3 Å². The number of nitrogens with zero attached hydrogens (tertiary/aromatic N) is 2. The van der Waals surface area contributed by atoms with Crippen LogP contribution in [0, 0.1) is 0 Å². The van der Waals surface area contributed by atoms with E-state index in [1.54, 1.807) is 24.0 Å². The molecule has 1 aromatic carbocycles. The van der Waals surface area contributed by atoms with Crippen LogP contribution in [0.25, 0.3) is 0 Å². The first-order valence-electron chi connectivity index (χ1n) is 5.52. The summed E-state index contributed by atoms with van der Waals surface area (Å²) in [5, 5.41) is 14.6. The van der Waals surface area contributed by atoms with Crippen molar-refractivity contribution in [3.63, 3.8) is 0 Å². The van der Waals surface area contributed by atoms with Gasteiger partial charge in [0, 0.05) is 7.05 Å². The van der Waals surface area contributed by atoms with Crippen molar-refractivity contribution in [1.29, 1.82) is 0 Å². The molecular formula is C12H10Br2N2O3. The summed E-state index contributed by atoms with van der Waals surface area (Å²) in [7, 11) is 1.78. The summed E-state index contributed by atoms with van der Waals surface area (Å²) in [4.78, 5) is 0. The first-order chi connectivity index (χ1) is 9.08. The third kappa shape index (κ3) is 2.15. The first-order valence-corrected chi connectivity index (χ1v) is 7.11. The number of fused-ring (bicyclic) bond motifs is 1. The van der Waals surface area contributed by atoms with Crippen molar-refractivity contribution in [2.75, 3.05) is 6.79 Å². The van der Waals surface area contributed by atoms with Gasteiger partial charge in [0.15, 0.2) is 11.5 Å². The van der Waals surface area contributed by atoms with E-state index in [1.807, 2.05) is 6.07 Å². The number of ether oxygens (including phenoxy) is 2. The number of aromatic nitrogens is 2. The van der Waals surface area contributed by atoms with E-state index in [9.17, 15) is 5.11 Å². The van der Waals surface area contributed by atoms with E-state index >= 15 is 0 Å². The van der Waals surface area contributed by atoms with E-state index in [2.05, 4.69) is 37.0 Å². The van der Waals surface area contributed by atoms with Crippen LogP contribution in [0.2, 0.25) is 0 Å². The van der Waals surface area contributed by atoms with E-state index in [1.165, 1.54) is 0 Å². The molecule has 0 amide bonds. The summed E-state index contributed by atoms with van der Waals surface area (Å²) in [6.45, 7) is 0.197. The lowest BCUT2D eigenvalue weighted by molar-refractivity contribution is 0.173. The van der Waals surface area contributed by atoms with E-state index < -0.39 is 6.10 Å². The van der Waals surface area contributed by atoms with Crippen LogP contribution in [0.4, 0.5) is 0 Å². The van der Waals surface area contributed by atoms with Crippen molar-refractivity contribution < 1.29 is 14.6 Å². The molecule has 2 heterocycles. The summed E-state index contributed by atoms with van der Waals surface area (Å²) >= 11 is 6.80. The molecule has 0 spiro atoms. The number of aliphatic hydroxyl groups excluding tert-OH is 1. The molecule has 3 rings (SSSR count). The second kappa shape index (κ2) is 4.81. The molecule has 1 atom stereocenters. The molecular weight excluding hydrogens is 380 g/mol. The summed E-state index contributed by atoms with van der Waals surface area (Å²) in [5.74, 6) is 1.29. The number of aryl methyl sites for hydroxylation is 1. The van der Waals surface area contributed by atoms with Gasteiger partial charge in [-0.25, -0.2) is 0 Å². The van der Waals surface area contributed by atoms with Gasteiger partial charge in [0.05, 0.1) is 20.8 Å². The number of rotatable bonds is 2.